The third-order valence-electron chi connectivity index (χ3n) is 3.76. The number of rotatable bonds is 4. The Balaban J connectivity index is 0.00000288. The van der Waals surface area contributed by atoms with E-state index < -0.39 is 35.3 Å². The van der Waals surface area contributed by atoms with Crippen molar-refractivity contribution in [1.82, 2.24) is 10.2 Å². The Morgan fingerprint density at radius 2 is 1.75 bits per heavy atom. The number of aliphatic hydroxyl groups is 1. The first-order chi connectivity index (χ1) is 10.7. The molecule has 1 saturated heterocycles. The first-order valence-electron chi connectivity index (χ1n) is 6.97. The summed E-state index contributed by atoms with van der Waals surface area (Å²) in [5.41, 5.74) is -1.49. The van der Waals surface area contributed by atoms with Gasteiger partial charge in [-0.25, -0.2) is 8.78 Å². The lowest BCUT2D eigenvalue weighted by Gasteiger charge is -2.39. The smallest absolute Gasteiger partial charge is 0.390 e. The van der Waals surface area contributed by atoms with E-state index in [1.165, 1.54) is 4.90 Å². The van der Waals surface area contributed by atoms with E-state index in [9.17, 15) is 22.0 Å². The fourth-order valence-corrected chi connectivity index (χ4v) is 3.03. The van der Waals surface area contributed by atoms with E-state index in [-0.39, 0.29) is 31.1 Å². The number of halogens is 7. The van der Waals surface area contributed by atoms with E-state index in [1.54, 1.807) is 0 Å². The summed E-state index contributed by atoms with van der Waals surface area (Å²) in [5, 5.41) is 11.2. The van der Waals surface area contributed by atoms with Gasteiger partial charge in [-0.1, -0.05) is 23.7 Å². The first kappa shape index (κ1) is 21.4. The monoisotopic (exact) mass is 394 g/mol. The van der Waals surface area contributed by atoms with Crippen LogP contribution < -0.4 is 5.32 Å². The van der Waals surface area contributed by atoms with Crippen LogP contribution >= 0.6 is 24.0 Å². The van der Waals surface area contributed by atoms with Crippen LogP contribution in [0.1, 0.15) is 17.2 Å². The van der Waals surface area contributed by atoms with E-state index in [1.807, 2.05) is 0 Å². The zero-order valence-electron chi connectivity index (χ0n) is 12.4. The molecule has 1 aromatic rings. The maximum Gasteiger partial charge on any atom is 0.417 e. The summed E-state index contributed by atoms with van der Waals surface area (Å²) < 4.78 is 67.4. The van der Waals surface area contributed by atoms with Crippen molar-refractivity contribution in [2.75, 3.05) is 32.8 Å². The van der Waals surface area contributed by atoms with Gasteiger partial charge in [0.15, 0.2) is 0 Å². The molecule has 0 unspecified atom stereocenters. The Bertz CT molecular complexity index is 550. The van der Waals surface area contributed by atoms with E-state index in [4.69, 9.17) is 16.7 Å². The van der Waals surface area contributed by atoms with Crippen LogP contribution in [-0.2, 0) is 6.18 Å². The predicted octanol–water partition coefficient (Wildman–Crippen LogP) is 3.35. The highest BCUT2D eigenvalue weighted by molar-refractivity contribution is 6.32. The number of nitrogens with zero attached hydrogens (tertiary/aromatic N) is 1. The molecule has 0 aromatic heterocycles. The van der Waals surface area contributed by atoms with Gasteiger partial charge in [0.2, 0.25) is 0 Å². The van der Waals surface area contributed by atoms with Crippen molar-refractivity contribution in [3.63, 3.8) is 0 Å². The van der Waals surface area contributed by atoms with Crippen molar-refractivity contribution in [3.05, 3.63) is 34.3 Å². The zero-order chi connectivity index (χ0) is 17.3. The fraction of sp³-hybridized carbons (Fsp3) is 0.571. The molecule has 1 heterocycles. The summed E-state index contributed by atoms with van der Waals surface area (Å²) in [6, 6.07) is 1.22. The molecule has 0 radical (unpaired) electrons. The van der Waals surface area contributed by atoms with Crippen molar-refractivity contribution in [2.24, 2.45) is 0 Å². The third-order valence-corrected chi connectivity index (χ3v) is 4.18. The van der Waals surface area contributed by atoms with Crippen LogP contribution in [0.2, 0.25) is 5.02 Å². The van der Waals surface area contributed by atoms with E-state index in [0.717, 1.165) is 18.2 Å². The van der Waals surface area contributed by atoms with Gasteiger partial charge in [0, 0.05) is 26.2 Å². The fourth-order valence-electron chi connectivity index (χ4n) is 2.70. The second kappa shape index (κ2) is 8.14. The SMILES string of the molecule is Cl.OCC(F)(F)[C@@H](c1cccc(C(F)(F)F)c1Cl)N1CCNCC1. The Kier molecular flexibility index (Phi) is 7.25. The molecule has 0 aliphatic carbocycles. The minimum atomic E-state index is -4.74. The highest BCUT2D eigenvalue weighted by Gasteiger charge is 2.46. The van der Waals surface area contributed by atoms with Gasteiger partial charge in [0.1, 0.15) is 12.6 Å². The number of nitrogens with one attached hydrogen (secondary N) is 1. The minimum absolute atomic E-state index is 0. The molecule has 10 heteroatoms. The van der Waals surface area contributed by atoms with Crippen LogP contribution in [0.3, 0.4) is 0 Å². The maximum atomic E-state index is 14.2. The van der Waals surface area contributed by atoms with Crippen molar-refractivity contribution >= 4 is 24.0 Å². The van der Waals surface area contributed by atoms with E-state index >= 15 is 0 Å². The summed E-state index contributed by atoms with van der Waals surface area (Å²) in [7, 11) is 0. The lowest BCUT2D eigenvalue weighted by molar-refractivity contribution is -0.138. The summed E-state index contributed by atoms with van der Waals surface area (Å²) in [6.07, 6.45) is -4.74. The normalized spacial score (nSPS) is 18.1. The average Bonchev–Trinajstić information content (AvgIpc) is 2.49. The van der Waals surface area contributed by atoms with E-state index in [0.29, 0.717) is 13.1 Å². The Hall–Kier alpha value is -0.670. The zero-order valence-corrected chi connectivity index (χ0v) is 14.0. The van der Waals surface area contributed by atoms with Crippen LogP contribution in [0.5, 0.6) is 0 Å². The standard InChI is InChI=1S/C14H16ClF5N2O.ClH/c15-11-9(2-1-3-10(11)14(18,19)20)12(13(16,17)8-23)22-6-4-21-5-7-22;/h1-3,12,21,23H,4-8H2;1H/t12-;/m1./s1. The minimum Gasteiger partial charge on any atom is -0.390 e. The maximum absolute atomic E-state index is 14.2. The van der Waals surface area contributed by atoms with Crippen molar-refractivity contribution < 1.29 is 27.1 Å². The summed E-state index contributed by atoms with van der Waals surface area (Å²) in [6.45, 7) is -0.197. The van der Waals surface area contributed by atoms with Crippen molar-refractivity contribution in [2.45, 2.75) is 18.1 Å². The Morgan fingerprint density at radius 3 is 2.25 bits per heavy atom. The predicted molar refractivity (Wildman–Crippen MR) is 82.9 cm³/mol. The molecule has 0 amide bonds. The molecule has 1 aliphatic heterocycles. The number of hydrogen-bond acceptors (Lipinski definition) is 3. The summed E-state index contributed by atoms with van der Waals surface area (Å²) >= 11 is 5.79. The van der Waals surface area contributed by atoms with Gasteiger partial charge in [-0.05, 0) is 11.6 Å². The van der Waals surface area contributed by atoms with Crippen LogP contribution in [0.25, 0.3) is 0 Å². The summed E-state index contributed by atoms with van der Waals surface area (Å²) in [5.74, 6) is -3.62. The molecular weight excluding hydrogens is 378 g/mol. The Labute approximate surface area is 147 Å². The molecule has 24 heavy (non-hydrogen) atoms. The molecule has 1 atom stereocenters. The second-order valence-corrected chi connectivity index (χ2v) is 5.69. The molecular formula is C14H17Cl2F5N2O. The van der Waals surface area contributed by atoms with Gasteiger partial charge in [0.25, 0.3) is 5.92 Å². The summed E-state index contributed by atoms with van der Waals surface area (Å²) in [4.78, 5) is 1.34. The van der Waals surface area contributed by atoms with Gasteiger partial charge in [-0.2, -0.15) is 13.2 Å². The Morgan fingerprint density at radius 1 is 1.17 bits per heavy atom. The average molecular weight is 395 g/mol. The van der Waals surface area contributed by atoms with Crippen LogP contribution in [0, 0.1) is 0 Å². The topological polar surface area (TPSA) is 35.5 Å². The van der Waals surface area contributed by atoms with E-state index in [2.05, 4.69) is 5.32 Å². The largest absolute Gasteiger partial charge is 0.417 e. The van der Waals surface area contributed by atoms with Crippen LogP contribution in [0.4, 0.5) is 22.0 Å². The number of benzene rings is 1. The molecule has 2 rings (SSSR count). The third kappa shape index (κ3) is 4.49. The van der Waals surface area contributed by atoms with Crippen molar-refractivity contribution in [3.8, 4) is 0 Å². The lowest BCUT2D eigenvalue weighted by Crippen LogP contribution is -2.51. The quantitative estimate of drug-likeness (QED) is 0.768. The molecule has 0 bridgehead atoms. The van der Waals surface area contributed by atoms with Gasteiger partial charge in [0.05, 0.1) is 10.6 Å². The molecule has 0 spiro atoms. The van der Waals surface area contributed by atoms with Crippen LogP contribution in [-0.4, -0.2) is 48.7 Å². The van der Waals surface area contributed by atoms with Crippen LogP contribution in [0.15, 0.2) is 18.2 Å². The molecule has 3 nitrogen and oxygen atoms in total. The lowest BCUT2D eigenvalue weighted by atomic mass is 9.96. The van der Waals surface area contributed by atoms with Crippen molar-refractivity contribution in [1.29, 1.82) is 0 Å². The number of alkyl halides is 5. The van der Waals surface area contributed by atoms with Gasteiger partial charge in [-0.15, -0.1) is 12.4 Å². The second-order valence-electron chi connectivity index (χ2n) is 5.31. The number of piperazine rings is 1. The molecule has 1 fully saturated rings. The van der Waals surface area contributed by atoms with Gasteiger partial charge < -0.3 is 10.4 Å². The number of aliphatic hydroxyl groups excluding tert-OH is 1. The molecule has 1 aliphatic rings. The highest BCUT2D eigenvalue weighted by Crippen LogP contribution is 2.43. The van der Waals surface area contributed by atoms with Gasteiger partial charge in [-0.3, -0.25) is 4.90 Å². The molecule has 0 saturated carbocycles. The molecule has 1 aromatic carbocycles. The van der Waals surface area contributed by atoms with Gasteiger partial charge >= 0.3 is 6.18 Å². The first-order valence-corrected chi connectivity index (χ1v) is 7.35. The molecule has 2 N–H and O–H groups in total. The molecule has 138 valence electrons. The number of hydrogen-bond donors (Lipinski definition) is 2. The highest BCUT2D eigenvalue weighted by atomic mass is 35.5.